The molecule has 0 heterocycles. The molecule has 3 unspecified atom stereocenters. The maximum atomic E-state index is 12.4. The van der Waals surface area contributed by atoms with Crippen molar-refractivity contribution in [3.8, 4) is 0 Å². The molecule has 0 spiro atoms. The van der Waals surface area contributed by atoms with Gasteiger partial charge in [-0.15, -0.1) is 0 Å². The number of halogens is 1. The summed E-state index contributed by atoms with van der Waals surface area (Å²) in [5, 5.41) is 3.60. The number of fused-ring (bicyclic) bond motifs is 2. The van der Waals surface area contributed by atoms with Crippen LogP contribution in [0.4, 0.5) is 0 Å². The van der Waals surface area contributed by atoms with E-state index in [1.54, 1.807) is 12.1 Å². The van der Waals surface area contributed by atoms with Crippen molar-refractivity contribution in [1.29, 1.82) is 0 Å². The standard InChI is InChI=1S/C19H26ClNO3S/c1-18(2)13-8-10-19(18,3)16(12-13)21-17(22)9-11-25(23,24)15-6-4-14(20)5-7-15/h4-7,13,16H,8-12H2,1-3H3,(H,21,22). The van der Waals surface area contributed by atoms with E-state index in [2.05, 4.69) is 26.1 Å². The van der Waals surface area contributed by atoms with Crippen molar-refractivity contribution in [3.63, 3.8) is 0 Å². The highest BCUT2D eigenvalue weighted by molar-refractivity contribution is 7.91. The third kappa shape index (κ3) is 3.21. The Hall–Kier alpha value is -1.07. The molecule has 1 aromatic rings. The van der Waals surface area contributed by atoms with E-state index < -0.39 is 9.84 Å². The van der Waals surface area contributed by atoms with Crippen molar-refractivity contribution >= 4 is 27.3 Å². The Bertz CT molecular complexity index is 772. The molecule has 1 amide bonds. The molecule has 2 fully saturated rings. The van der Waals surface area contributed by atoms with Gasteiger partial charge in [-0.05, 0) is 60.3 Å². The van der Waals surface area contributed by atoms with Gasteiger partial charge < -0.3 is 5.32 Å². The average Bonchev–Trinajstić information content (AvgIpc) is 2.87. The van der Waals surface area contributed by atoms with Crippen LogP contribution in [0.1, 0.15) is 46.5 Å². The van der Waals surface area contributed by atoms with E-state index in [9.17, 15) is 13.2 Å². The van der Waals surface area contributed by atoms with Crippen LogP contribution in [0.15, 0.2) is 29.2 Å². The molecular formula is C19H26ClNO3S. The van der Waals surface area contributed by atoms with Crippen LogP contribution in [-0.4, -0.2) is 26.1 Å². The average molecular weight is 384 g/mol. The molecule has 1 N–H and O–H groups in total. The minimum absolute atomic E-state index is 0.0113. The molecule has 2 aliphatic rings. The first kappa shape index (κ1) is 18.7. The Balaban J connectivity index is 1.60. The van der Waals surface area contributed by atoms with Gasteiger partial charge in [0.15, 0.2) is 9.84 Å². The first-order valence-corrected chi connectivity index (χ1v) is 10.9. The number of carbonyl (C=O) groups is 1. The third-order valence-electron chi connectivity index (χ3n) is 6.90. The second kappa shape index (κ2) is 6.27. The summed E-state index contributed by atoms with van der Waals surface area (Å²) in [6, 6.07) is 6.20. The molecule has 6 heteroatoms. The third-order valence-corrected chi connectivity index (χ3v) is 8.88. The first-order chi connectivity index (χ1) is 11.6. The van der Waals surface area contributed by atoms with Gasteiger partial charge in [-0.1, -0.05) is 32.4 Å². The highest BCUT2D eigenvalue weighted by Crippen LogP contribution is 2.65. The minimum atomic E-state index is -3.47. The van der Waals surface area contributed by atoms with Crippen LogP contribution in [-0.2, 0) is 14.6 Å². The Labute approximate surface area is 155 Å². The summed E-state index contributed by atoms with van der Waals surface area (Å²) in [6.45, 7) is 6.85. The Morgan fingerprint density at radius 3 is 2.40 bits per heavy atom. The molecule has 0 saturated heterocycles. The summed E-state index contributed by atoms with van der Waals surface area (Å²) in [5.74, 6) is 0.282. The fraction of sp³-hybridized carbons (Fsp3) is 0.632. The minimum Gasteiger partial charge on any atom is -0.353 e. The van der Waals surface area contributed by atoms with Crippen molar-refractivity contribution in [2.24, 2.45) is 16.7 Å². The smallest absolute Gasteiger partial charge is 0.221 e. The van der Waals surface area contributed by atoms with Crippen LogP contribution >= 0.6 is 11.6 Å². The maximum absolute atomic E-state index is 12.4. The number of nitrogens with one attached hydrogen (secondary N) is 1. The van der Waals surface area contributed by atoms with E-state index in [-0.39, 0.29) is 39.8 Å². The maximum Gasteiger partial charge on any atom is 0.221 e. The molecule has 3 atom stereocenters. The van der Waals surface area contributed by atoms with Gasteiger partial charge in [0.2, 0.25) is 5.91 Å². The van der Waals surface area contributed by atoms with Gasteiger partial charge >= 0.3 is 0 Å². The molecule has 0 aliphatic heterocycles. The highest BCUT2D eigenvalue weighted by atomic mass is 35.5. The molecule has 25 heavy (non-hydrogen) atoms. The normalized spacial score (nSPS) is 30.4. The summed E-state index contributed by atoms with van der Waals surface area (Å²) in [5.41, 5.74) is 0.322. The largest absolute Gasteiger partial charge is 0.353 e. The van der Waals surface area contributed by atoms with Crippen molar-refractivity contribution in [2.75, 3.05) is 5.75 Å². The Morgan fingerprint density at radius 2 is 1.88 bits per heavy atom. The first-order valence-electron chi connectivity index (χ1n) is 8.84. The fourth-order valence-electron chi connectivity index (χ4n) is 4.68. The predicted octanol–water partition coefficient (Wildman–Crippen LogP) is 3.83. The lowest BCUT2D eigenvalue weighted by atomic mass is 9.69. The summed E-state index contributed by atoms with van der Waals surface area (Å²) in [7, 11) is -3.47. The lowest BCUT2D eigenvalue weighted by Crippen LogP contribution is -2.47. The number of amides is 1. The van der Waals surface area contributed by atoms with Gasteiger partial charge in [0, 0.05) is 17.5 Å². The van der Waals surface area contributed by atoms with E-state index >= 15 is 0 Å². The molecule has 138 valence electrons. The zero-order chi connectivity index (χ0) is 18.5. The summed E-state index contributed by atoms with van der Waals surface area (Å²) >= 11 is 5.79. The van der Waals surface area contributed by atoms with Crippen LogP contribution in [0.3, 0.4) is 0 Å². The zero-order valence-electron chi connectivity index (χ0n) is 15.0. The van der Waals surface area contributed by atoms with Crippen LogP contribution in [0.2, 0.25) is 5.02 Å². The lowest BCUT2D eigenvalue weighted by molar-refractivity contribution is -0.122. The Morgan fingerprint density at radius 1 is 1.24 bits per heavy atom. The van der Waals surface area contributed by atoms with Gasteiger partial charge in [-0.25, -0.2) is 8.42 Å². The van der Waals surface area contributed by atoms with Gasteiger partial charge in [-0.2, -0.15) is 0 Å². The topological polar surface area (TPSA) is 63.2 Å². The molecule has 1 aromatic carbocycles. The molecule has 3 rings (SSSR count). The molecule has 4 nitrogen and oxygen atoms in total. The summed E-state index contributed by atoms with van der Waals surface area (Å²) < 4.78 is 24.7. The number of benzene rings is 1. The van der Waals surface area contributed by atoms with Crippen LogP contribution in [0.25, 0.3) is 0 Å². The second-order valence-corrected chi connectivity index (χ2v) is 10.8. The number of sulfone groups is 1. The van der Waals surface area contributed by atoms with Crippen molar-refractivity contribution < 1.29 is 13.2 Å². The van der Waals surface area contributed by atoms with E-state index in [4.69, 9.17) is 11.6 Å². The van der Waals surface area contributed by atoms with Crippen LogP contribution in [0, 0.1) is 16.7 Å². The van der Waals surface area contributed by atoms with Crippen molar-refractivity contribution in [1.82, 2.24) is 5.32 Å². The van der Waals surface area contributed by atoms with Crippen LogP contribution in [0.5, 0.6) is 0 Å². The van der Waals surface area contributed by atoms with E-state index in [0.29, 0.717) is 10.9 Å². The molecular weight excluding hydrogens is 358 g/mol. The molecule has 0 radical (unpaired) electrons. The molecule has 0 aromatic heterocycles. The lowest BCUT2D eigenvalue weighted by Gasteiger charge is -2.39. The van der Waals surface area contributed by atoms with Gasteiger partial charge in [0.1, 0.15) is 0 Å². The van der Waals surface area contributed by atoms with E-state index in [1.165, 1.54) is 18.6 Å². The van der Waals surface area contributed by atoms with E-state index in [0.717, 1.165) is 12.8 Å². The number of hydrogen-bond donors (Lipinski definition) is 1. The van der Waals surface area contributed by atoms with Gasteiger partial charge in [0.05, 0.1) is 10.6 Å². The van der Waals surface area contributed by atoms with Crippen molar-refractivity contribution in [2.45, 2.75) is 57.4 Å². The second-order valence-electron chi connectivity index (χ2n) is 8.25. The SMILES string of the molecule is CC1(C)C2CCC1(C)C(NC(=O)CCS(=O)(=O)c1ccc(Cl)cc1)C2. The summed E-state index contributed by atoms with van der Waals surface area (Å²) in [6.07, 6.45) is 3.33. The molecule has 2 saturated carbocycles. The predicted molar refractivity (Wildman–Crippen MR) is 99.3 cm³/mol. The quantitative estimate of drug-likeness (QED) is 0.840. The number of carbonyl (C=O) groups excluding carboxylic acids is 1. The fourth-order valence-corrected chi connectivity index (χ4v) is 6.04. The zero-order valence-corrected chi connectivity index (χ0v) is 16.6. The van der Waals surface area contributed by atoms with Gasteiger partial charge in [0.25, 0.3) is 0 Å². The highest BCUT2D eigenvalue weighted by Gasteiger charge is 2.61. The number of hydrogen-bond acceptors (Lipinski definition) is 3. The molecule has 2 aliphatic carbocycles. The molecule has 2 bridgehead atoms. The van der Waals surface area contributed by atoms with Crippen molar-refractivity contribution in [3.05, 3.63) is 29.3 Å². The van der Waals surface area contributed by atoms with Crippen LogP contribution < -0.4 is 5.32 Å². The monoisotopic (exact) mass is 383 g/mol. The Kier molecular flexibility index (Phi) is 4.70. The number of rotatable bonds is 5. The summed E-state index contributed by atoms with van der Waals surface area (Å²) in [4.78, 5) is 12.6. The van der Waals surface area contributed by atoms with Gasteiger partial charge in [-0.3, -0.25) is 4.79 Å². The van der Waals surface area contributed by atoms with E-state index in [1.807, 2.05) is 0 Å².